The van der Waals surface area contributed by atoms with Crippen molar-refractivity contribution in [1.29, 1.82) is 0 Å². The lowest BCUT2D eigenvalue weighted by Crippen LogP contribution is -2.38. The van der Waals surface area contributed by atoms with Crippen LogP contribution in [0.15, 0.2) is 18.5 Å². The smallest absolute Gasteiger partial charge is 0.255 e. The van der Waals surface area contributed by atoms with E-state index in [0.29, 0.717) is 17.0 Å². The monoisotopic (exact) mass is 272 g/mol. The minimum absolute atomic E-state index is 0.00320. The fraction of sp³-hybridized carbons (Fsp3) is 0.500. The van der Waals surface area contributed by atoms with Gasteiger partial charge in [0.2, 0.25) is 0 Å². The maximum Gasteiger partial charge on any atom is 0.255 e. The number of aliphatic hydroxyl groups is 1. The van der Waals surface area contributed by atoms with Gasteiger partial charge in [0.25, 0.3) is 5.91 Å². The SMILES string of the molecule is CC(C)N(CC1CC1)C(=O)c1ccncc1C#CCO. The van der Waals surface area contributed by atoms with Gasteiger partial charge >= 0.3 is 0 Å². The second kappa shape index (κ2) is 6.53. The quantitative estimate of drug-likeness (QED) is 0.849. The topological polar surface area (TPSA) is 53.4 Å². The van der Waals surface area contributed by atoms with E-state index in [9.17, 15) is 4.79 Å². The number of rotatable bonds is 4. The van der Waals surface area contributed by atoms with E-state index in [4.69, 9.17) is 5.11 Å². The van der Waals surface area contributed by atoms with Crippen molar-refractivity contribution in [2.45, 2.75) is 32.7 Å². The van der Waals surface area contributed by atoms with Crippen molar-refractivity contribution >= 4 is 5.91 Å². The van der Waals surface area contributed by atoms with E-state index in [1.54, 1.807) is 18.5 Å². The Morgan fingerprint density at radius 1 is 1.55 bits per heavy atom. The van der Waals surface area contributed by atoms with Crippen LogP contribution in [0.5, 0.6) is 0 Å². The lowest BCUT2D eigenvalue weighted by atomic mass is 10.1. The molecule has 1 aromatic heterocycles. The van der Waals surface area contributed by atoms with E-state index in [-0.39, 0.29) is 18.6 Å². The number of carbonyl (C=O) groups excluding carboxylic acids is 1. The van der Waals surface area contributed by atoms with Crippen LogP contribution in [-0.2, 0) is 0 Å². The molecule has 1 saturated carbocycles. The van der Waals surface area contributed by atoms with Gasteiger partial charge in [-0.1, -0.05) is 11.8 Å². The fourth-order valence-electron chi connectivity index (χ4n) is 2.08. The molecule has 1 aromatic rings. The van der Waals surface area contributed by atoms with Crippen LogP contribution in [0.4, 0.5) is 0 Å². The van der Waals surface area contributed by atoms with Crippen molar-refractivity contribution in [2.24, 2.45) is 5.92 Å². The highest BCUT2D eigenvalue weighted by atomic mass is 16.2. The molecule has 20 heavy (non-hydrogen) atoms. The molecule has 0 atom stereocenters. The highest BCUT2D eigenvalue weighted by molar-refractivity contribution is 5.96. The summed E-state index contributed by atoms with van der Waals surface area (Å²) in [5.74, 6) is 6.02. The number of aromatic nitrogens is 1. The van der Waals surface area contributed by atoms with Gasteiger partial charge in [-0.25, -0.2) is 0 Å². The van der Waals surface area contributed by atoms with Crippen molar-refractivity contribution < 1.29 is 9.90 Å². The summed E-state index contributed by atoms with van der Waals surface area (Å²) in [7, 11) is 0. The fourth-order valence-corrected chi connectivity index (χ4v) is 2.08. The average molecular weight is 272 g/mol. The Labute approximate surface area is 119 Å². The molecule has 0 bridgehead atoms. The lowest BCUT2D eigenvalue weighted by molar-refractivity contribution is 0.0696. The molecule has 0 saturated heterocycles. The van der Waals surface area contributed by atoms with Gasteiger partial charge < -0.3 is 10.0 Å². The van der Waals surface area contributed by atoms with Crippen LogP contribution < -0.4 is 0 Å². The Bertz CT molecular complexity index is 539. The molecule has 4 nitrogen and oxygen atoms in total. The Morgan fingerprint density at radius 2 is 2.30 bits per heavy atom. The number of pyridine rings is 1. The van der Waals surface area contributed by atoms with E-state index in [1.807, 2.05) is 18.7 Å². The normalized spacial score (nSPS) is 13.8. The third-order valence-electron chi connectivity index (χ3n) is 3.39. The molecule has 2 rings (SSSR count). The van der Waals surface area contributed by atoms with Gasteiger partial charge in [0.15, 0.2) is 0 Å². The van der Waals surface area contributed by atoms with Crippen LogP contribution in [-0.4, -0.2) is 40.1 Å². The molecule has 106 valence electrons. The Kier molecular flexibility index (Phi) is 4.75. The minimum atomic E-state index is -0.224. The van der Waals surface area contributed by atoms with Gasteiger partial charge in [-0.2, -0.15) is 0 Å². The number of amides is 1. The highest BCUT2D eigenvalue weighted by Crippen LogP contribution is 2.31. The van der Waals surface area contributed by atoms with Crippen LogP contribution in [0, 0.1) is 17.8 Å². The molecule has 1 aliphatic carbocycles. The van der Waals surface area contributed by atoms with Crippen molar-refractivity contribution in [1.82, 2.24) is 9.88 Å². The molecule has 0 radical (unpaired) electrons. The first-order valence-corrected chi connectivity index (χ1v) is 6.98. The predicted molar refractivity (Wildman–Crippen MR) is 77.1 cm³/mol. The molecule has 1 aliphatic rings. The molecule has 1 N–H and O–H groups in total. The molecular weight excluding hydrogens is 252 g/mol. The largest absolute Gasteiger partial charge is 0.384 e. The lowest BCUT2D eigenvalue weighted by Gasteiger charge is -2.27. The predicted octanol–water partition coefficient (Wildman–Crippen LogP) is 1.69. The number of carbonyl (C=O) groups is 1. The number of hydrogen-bond acceptors (Lipinski definition) is 3. The standard InChI is InChI=1S/C16H20N2O2/c1-12(2)18(11-13-5-6-13)16(20)15-7-8-17-10-14(15)4-3-9-19/h7-8,10,12-13,19H,5-6,9,11H2,1-2H3. The third kappa shape index (κ3) is 3.58. The third-order valence-corrected chi connectivity index (χ3v) is 3.39. The van der Waals surface area contributed by atoms with Gasteiger partial charge in [0.05, 0.1) is 11.1 Å². The summed E-state index contributed by atoms with van der Waals surface area (Å²) in [6.07, 6.45) is 5.60. The van der Waals surface area contributed by atoms with E-state index < -0.39 is 0 Å². The summed E-state index contributed by atoms with van der Waals surface area (Å²) in [4.78, 5) is 18.6. The molecule has 0 aliphatic heterocycles. The Morgan fingerprint density at radius 3 is 2.90 bits per heavy atom. The molecule has 1 heterocycles. The molecule has 0 spiro atoms. The number of aliphatic hydroxyl groups excluding tert-OH is 1. The molecular formula is C16H20N2O2. The van der Waals surface area contributed by atoms with Crippen LogP contribution in [0.2, 0.25) is 0 Å². The number of nitrogens with zero attached hydrogens (tertiary/aromatic N) is 2. The van der Waals surface area contributed by atoms with E-state index in [2.05, 4.69) is 16.8 Å². The summed E-state index contributed by atoms with van der Waals surface area (Å²) >= 11 is 0. The molecule has 0 aromatic carbocycles. The molecule has 1 fully saturated rings. The van der Waals surface area contributed by atoms with Crippen LogP contribution in [0.3, 0.4) is 0 Å². The summed E-state index contributed by atoms with van der Waals surface area (Å²) in [5.41, 5.74) is 1.14. The second-order valence-electron chi connectivity index (χ2n) is 5.38. The summed E-state index contributed by atoms with van der Waals surface area (Å²) in [5, 5.41) is 8.79. The number of hydrogen-bond donors (Lipinski definition) is 1. The van der Waals surface area contributed by atoms with Crippen LogP contribution in [0.25, 0.3) is 0 Å². The van der Waals surface area contributed by atoms with Crippen molar-refractivity contribution in [3.63, 3.8) is 0 Å². The maximum atomic E-state index is 12.7. The van der Waals surface area contributed by atoms with E-state index >= 15 is 0 Å². The molecule has 4 heteroatoms. The van der Waals surface area contributed by atoms with Gasteiger partial charge in [0, 0.05) is 25.0 Å². The summed E-state index contributed by atoms with van der Waals surface area (Å²) < 4.78 is 0. The van der Waals surface area contributed by atoms with Gasteiger partial charge in [-0.3, -0.25) is 9.78 Å². The van der Waals surface area contributed by atoms with Crippen LogP contribution in [0.1, 0.15) is 42.6 Å². The van der Waals surface area contributed by atoms with E-state index in [0.717, 1.165) is 6.54 Å². The van der Waals surface area contributed by atoms with Gasteiger partial charge in [-0.15, -0.1) is 0 Å². The van der Waals surface area contributed by atoms with Gasteiger partial charge in [-0.05, 0) is 38.7 Å². The van der Waals surface area contributed by atoms with Crippen LogP contribution >= 0.6 is 0 Å². The second-order valence-corrected chi connectivity index (χ2v) is 5.38. The van der Waals surface area contributed by atoms with E-state index in [1.165, 1.54) is 12.8 Å². The zero-order chi connectivity index (χ0) is 14.5. The first kappa shape index (κ1) is 14.5. The molecule has 1 amide bonds. The zero-order valence-corrected chi connectivity index (χ0v) is 12.0. The maximum absolute atomic E-state index is 12.7. The Balaban J connectivity index is 2.25. The van der Waals surface area contributed by atoms with Gasteiger partial charge in [0.1, 0.15) is 6.61 Å². The Hall–Kier alpha value is -1.86. The van der Waals surface area contributed by atoms with Crippen molar-refractivity contribution in [2.75, 3.05) is 13.2 Å². The zero-order valence-electron chi connectivity index (χ0n) is 12.0. The minimum Gasteiger partial charge on any atom is -0.384 e. The first-order valence-electron chi connectivity index (χ1n) is 6.98. The molecule has 0 unspecified atom stereocenters. The van der Waals surface area contributed by atoms with Crippen molar-refractivity contribution in [3.8, 4) is 11.8 Å². The highest BCUT2D eigenvalue weighted by Gasteiger charge is 2.29. The van der Waals surface area contributed by atoms with Crippen molar-refractivity contribution in [3.05, 3.63) is 29.6 Å². The average Bonchev–Trinajstić information content (AvgIpc) is 3.26. The summed E-state index contributed by atoms with van der Waals surface area (Å²) in [6.45, 7) is 4.64. The summed E-state index contributed by atoms with van der Waals surface area (Å²) in [6, 6.07) is 1.86. The first-order chi connectivity index (χ1) is 9.63.